The van der Waals surface area contributed by atoms with Gasteiger partial charge in [-0.15, -0.1) is 0 Å². The molecule has 1 fully saturated rings. The van der Waals surface area contributed by atoms with Crippen LogP contribution in [0.1, 0.15) is 30.5 Å². The van der Waals surface area contributed by atoms with Gasteiger partial charge in [0, 0.05) is 31.7 Å². The monoisotopic (exact) mass is 412 g/mol. The van der Waals surface area contributed by atoms with Crippen molar-refractivity contribution in [3.63, 3.8) is 0 Å². The number of hydrogen-bond acceptors (Lipinski definition) is 5. The van der Waals surface area contributed by atoms with E-state index in [1.165, 1.54) is 5.56 Å². The number of benzene rings is 2. The summed E-state index contributed by atoms with van der Waals surface area (Å²) >= 11 is 0. The molecule has 0 bridgehead atoms. The van der Waals surface area contributed by atoms with E-state index < -0.39 is 0 Å². The summed E-state index contributed by atoms with van der Waals surface area (Å²) in [5.74, 6) is 1.34. The van der Waals surface area contributed by atoms with Crippen molar-refractivity contribution in [2.24, 2.45) is 0 Å². The molecule has 6 nitrogen and oxygen atoms in total. The number of morpholine rings is 1. The Labute approximate surface area is 179 Å². The minimum atomic E-state index is -0.0538. The predicted octanol–water partition coefficient (Wildman–Crippen LogP) is 3.17. The number of carbonyl (C=O) groups is 1. The number of nitrogens with one attached hydrogen (secondary N) is 1. The quantitative estimate of drug-likeness (QED) is 0.722. The van der Waals surface area contributed by atoms with Gasteiger partial charge in [-0.25, -0.2) is 0 Å². The van der Waals surface area contributed by atoms with E-state index in [1.54, 1.807) is 14.2 Å². The molecule has 6 heteroatoms. The third-order valence-corrected chi connectivity index (χ3v) is 5.25. The van der Waals surface area contributed by atoms with E-state index in [2.05, 4.69) is 48.3 Å². The third-order valence-electron chi connectivity index (χ3n) is 5.25. The number of nitrogens with zero attached hydrogens (tertiary/aromatic N) is 1. The van der Waals surface area contributed by atoms with E-state index in [9.17, 15) is 4.79 Å². The van der Waals surface area contributed by atoms with Gasteiger partial charge in [0.1, 0.15) is 11.5 Å². The molecule has 3 rings (SSSR count). The van der Waals surface area contributed by atoms with Crippen LogP contribution in [-0.2, 0) is 29.0 Å². The number of amides is 1. The first kappa shape index (κ1) is 22.1. The zero-order chi connectivity index (χ0) is 21.5. The molecule has 30 heavy (non-hydrogen) atoms. The van der Waals surface area contributed by atoms with E-state index in [-0.39, 0.29) is 24.5 Å². The molecular formula is C24H32N2O4. The summed E-state index contributed by atoms with van der Waals surface area (Å²) in [7, 11) is 3.21. The van der Waals surface area contributed by atoms with Gasteiger partial charge in [-0.1, -0.05) is 24.3 Å². The molecular weight excluding hydrogens is 380 g/mol. The first-order valence-corrected chi connectivity index (χ1v) is 10.4. The van der Waals surface area contributed by atoms with E-state index in [4.69, 9.17) is 14.2 Å². The van der Waals surface area contributed by atoms with Gasteiger partial charge < -0.3 is 19.5 Å². The van der Waals surface area contributed by atoms with Crippen molar-refractivity contribution >= 4 is 5.91 Å². The highest BCUT2D eigenvalue weighted by molar-refractivity contribution is 5.79. The molecule has 0 spiro atoms. The van der Waals surface area contributed by atoms with Gasteiger partial charge in [0.15, 0.2) is 0 Å². The molecule has 0 radical (unpaired) electrons. The van der Waals surface area contributed by atoms with Crippen LogP contribution in [0.4, 0.5) is 0 Å². The molecule has 2 aromatic carbocycles. The molecule has 2 aromatic rings. The predicted molar refractivity (Wildman–Crippen MR) is 117 cm³/mol. The van der Waals surface area contributed by atoms with Gasteiger partial charge in [-0.3, -0.25) is 9.69 Å². The van der Waals surface area contributed by atoms with Crippen LogP contribution < -0.4 is 14.8 Å². The van der Waals surface area contributed by atoms with Crippen LogP contribution in [-0.4, -0.2) is 50.3 Å². The minimum Gasteiger partial charge on any atom is -0.497 e. The smallest absolute Gasteiger partial charge is 0.224 e. The molecule has 162 valence electrons. The van der Waals surface area contributed by atoms with E-state index in [1.807, 2.05) is 18.2 Å². The Morgan fingerprint density at radius 3 is 2.33 bits per heavy atom. The second-order valence-electron chi connectivity index (χ2n) is 7.90. The zero-order valence-electron chi connectivity index (χ0n) is 18.3. The Bertz CT molecular complexity index is 828. The highest BCUT2D eigenvalue weighted by Crippen LogP contribution is 2.24. The first-order valence-electron chi connectivity index (χ1n) is 10.4. The second-order valence-corrected chi connectivity index (χ2v) is 7.90. The van der Waals surface area contributed by atoms with Crippen molar-refractivity contribution in [2.45, 2.75) is 45.6 Å². The van der Waals surface area contributed by atoms with Crippen molar-refractivity contribution in [1.82, 2.24) is 10.2 Å². The summed E-state index contributed by atoms with van der Waals surface area (Å²) in [4.78, 5) is 14.8. The minimum absolute atomic E-state index is 0.0538. The molecule has 2 atom stereocenters. The topological polar surface area (TPSA) is 60.0 Å². The summed E-state index contributed by atoms with van der Waals surface area (Å²) < 4.78 is 16.4. The summed E-state index contributed by atoms with van der Waals surface area (Å²) in [6.45, 7) is 7.56. The Morgan fingerprint density at radius 2 is 1.70 bits per heavy atom. The van der Waals surface area contributed by atoms with Gasteiger partial charge >= 0.3 is 0 Å². The van der Waals surface area contributed by atoms with Gasteiger partial charge in [0.2, 0.25) is 5.91 Å². The maximum atomic E-state index is 12.4. The summed E-state index contributed by atoms with van der Waals surface area (Å²) in [5.41, 5.74) is 3.15. The van der Waals surface area contributed by atoms with Crippen LogP contribution >= 0.6 is 0 Å². The van der Waals surface area contributed by atoms with Gasteiger partial charge in [-0.2, -0.15) is 0 Å². The van der Waals surface area contributed by atoms with Gasteiger partial charge in [-0.05, 0) is 43.2 Å². The first-order chi connectivity index (χ1) is 14.5. The third kappa shape index (κ3) is 6.21. The lowest BCUT2D eigenvalue weighted by molar-refractivity contribution is -0.120. The van der Waals surface area contributed by atoms with Crippen molar-refractivity contribution in [3.8, 4) is 11.5 Å². The number of rotatable bonds is 8. The maximum absolute atomic E-state index is 12.4. The van der Waals surface area contributed by atoms with Crippen molar-refractivity contribution < 1.29 is 19.0 Å². The van der Waals surface area contributed by atoms with Crippen molar-refractivity contribution in [1.29, 1.82) is 0 Å². The van der Waals surface area contributed by atoms with Crippen molar-refractivity contribution in [2.75, 3.05) is 27.3 Å². The molecule has 1 N–H and O–H groups in total. The largest absolute Gasteiger partial charge is 0.497 e. The van der Waals surface area contributed by atoms with Crippen LogP contribution in [0.5, 0.6) is 11.5 Å². The lowest BCUT2D eigenvalue weighted by atomic mass is 10.1. The molecule has 2 unspecified atom stereocenters. The highest BCUT2D eigenvalue weighted by atomic mass is 16.5. The Morgan fingerprint density at radius 1 is 1.03 bits per heavy atom. The highest BCUT2D eigenvalue weighted by Gasteiger charge is 2.21. The van der Waals surface area contributed by atoms with Crippen LogP contribution in [0.15, 0.2) is 42.5 Å². The summed E-state index contributed by atoms with van der Waals surface area (Å²) in [5, 5.41) is 2.99. The van der Waals surface area contributed by atoms with Crippen LogP contribution in [0.2, 0.25) is 0 Å². The number of hydrogen-bond donors (Lipinski definition) is 1. The average molecular weight is 413 g/mol. The zero-order valence-corrected chi connectivity index (χ0v) is 18.3. The van der Waals surface area contributed by atoms with Crippen LogP contribution in [0.25, 0.3) is 0 Å². The maximum Gasteiger partial charge on any atom is 0.224 e. The number of ether oxygens (including phenoxy) is 3. The fraction of sp³-hybridized carbons (Fsp3) is 0.458. The van der Waals surface area contributed by atoms with Gasteiger partial charge in [0.05, 0.1) is 32.8 Å². The number of methoxy groups -OCH3 is 2. The van der Waals surface area contributed by atoms with Crippen LogP contribution in [0.3, 0.4) is 0 Å². The van der Waals surface area contributed by atoms with E-state index >= 15 is 0 Å². The standard InChI is InChI=1S/C24H32N2O4/c1-17-14-26(15-18(2)30-17)16-20-7-5-19(6-8-20)13-25-24(27)12-21-11-22(28-3)9-10-23(21)29-4/h5-11,17-18H,12-16H2,1-4H3,(H,25,27). The van der Waals surface area contributed by atoms with Crippen LogP contribution in [0, 0.1) is 0 Å². The van der Waals surface area contributed by atoms with E-state index in [0.717, 1.165) is 30.8 Å². The second kappa shape index (κ2) is 10.5. The lowest BCUT2D eigenvalue weighted by Gasteiger charge is -2.35. The normalized spacial score (nSPS) is 19.3. The fourth-order valence-corrected chi connectivity index (χ4v) is 3.89. The Balaban J connectivity index is 1.51. The average Bonchev–Trinajstić information content (AvgIpc) is 2.72. The molecule has 1 saturated heterocycles. The molecule has 1 aliphatic heterocycles. The molecule has 1 amide bonds. The molecule has 0 aliphatic carbocycles. The molecule has 0 saturated carbocycles. The Kier molecular flexibility index (Phi) is 7.71. The summed E-state index contributed by atoms with van der Waals surface area (Å²) in [6.07, 6.45) is 0.782. The SMILES string of the molecule is COc1ccc(OC)c(CC(=O)NCc2ccc(CN3CC(C)OC(C)C3)cc2)c1. The molecule has 1 aliphatic rings. The molecule has 0 aromatic heterocycles. The lowest BCUT2D eigenvalue weighted by Crippen LogP contribution is -2.44. The summed E-state index contributed by atoms with van der Waals surface area (Å²) in [6, 6.07) is 13.9. The van der Waals surface area contributed by atoms with E-state index in [0.29, 0.717) is 18.0 Å². The fourth-order valence-electron chi connectivity index (χ4n) is 3.89. The van der Waals surface area contributed by atoms with Crippen molar-refractivity contribution in [3.05, 3.63) is 59.2 Å². The van der Waals surface area contributed by atoms with Gasteiger partial charge in [0.25, 0.3) is 0 Å². The number of carbonyl (C=O) groups excluding carboxylic acids is 1. The Hall–Kier alpha value is -2.57. The molecule has 1 heterocycles.